The maximum atomic E-state index is 4.56. The van der Waals surface area contributed by atoms with Gasteiger partial charge < -0.3 is 0 Å². The van der Waals surface area contributed by atoms with Gasteiger partial charge in [-0.3, -0.25) is 4.99 Å². The second-order valence-electron chi connectivity index (χ2n) is 3.23. The fourth-order valence-corrected chi connectivity index (χ4v) is 1.37. The second-order valence-corrected chi connectivity index (χ2v) is 3.41. The van der Waals surface area contributed by atoms with Gasteiger partial charge >= 0.3 is 0 Å². The minimum atomic E-state index is 0.181. The molecule has 12 heavy (non-hydrogen) atoms. The van der Waals surface area contributed by atoms with Gasteiger partial charge in [0.05, 0.1) is 16.9 Å². The number of hydrogen-bond acceptors (Lipinski definition) is 3. The maximum Gasteiger partial charge on any atom is 0.0954 e. The second kappa shape index (κ2) is 3.74. The number of nitrogens with zero attached hydrogens (tertiary/aromatic N) is 2. The summed E-state index contributed by atoms with van der Waals surface area (Å²) in [5.41, 5.74) is 1.97. The molecule has 1 heterocycles. The Morgan fingerprint density at radius 2 is 2.33 bits per heavy atom. The average Bonchev–Trinajstić information content (AvgIpc) is 2.32. The van der Waals surface area contributed by atoms with Crippen molar-refractivity contribution in [2.24, 2.45) is 15.9 Å². The molecule has 1 rings (SSSR count). The van der Waals surface area contributed by atoms with Crippen LogP contribution in [0.5, 0.6) is 0 Å². The van der Waals surface area contributed by atoms with Crippen molar-refractivity contribution < 1.29 is 0 Å². The molecule has 64 valence electrons. The number of aliphatic imine (C=N–C) groups is 2. The summed E-state index contributed by atoms with van der Waals surface area (Å²) in [7, 11) is 0. The van der Waals surface area contributed by atoms with E-state index in [1.165, 1.54) is 0 Å². The largest absolute Gasteiger partial charge is 0.280 e. The Morgan fingerprint density at radius 1 is 1.67 bits per heavy atom. The molecule has 0 saturated carbocycles. The van der Waals surface area contributed by atoms with Crippen LogP contribution in [0.2, 0.25) is 0 Å². The van der Waals surface area contributed by atoms with Crippen LogP contribution in [0, 0.1) is 5.92 Å². The average molecular weight is 180 g/mol. The van der Waals surface area contributed by atoms with Crippen molar-refractivity contribution in [1.29, 1.82) is 0 Å². The van der Waals surface area contributed by atoms with Gasteiger partial charge in [-0.15, -0.1) is 0 Å². The third-order valence-electron chi connectivity index (χ3n) is 1.81. The van der Waals surface area contributed by atoms with Gasteiger partial charge in [0.1, 0.15) is 0 Å². The molecule has 1 aliphatic heterocycles. The van der Waals surface area contributed by atoms with E-state index in [0.29, 0.717) is 5.92 Å². The van der Waals surface area contributed by atoms with Gasteiger partial charge in [-0.2, -0.15) is 4.99 Å². The van der Waals surface area contributed by atoms with Crippen LogP contribution in [0.4, 0.5) is 0 Å². The summed E-state index contributed by atoms with van der Waals surface area (Å²) < 4.78 is 0. The van der Waals surface area contributed by atoms with Crippen LogP contribution in [0.1, 0.15) is 20.8 Å². The molecule has 2 nitrogen and oxygen atoms in total. The highest BCUT2D eigenvalue weighted by molar-refractivity contribution is 7.78. The monoisotopic (exact) mass is 180 g/mol. The molecule has 1 atom stereocenters. The highest BCUT2D eigenvalue weighted by Gasteiger charge is 2.21. The Hall–Kier alpha value is -0.790. The van der Waals surface area contributed by atoms with Gasteiger partial charge in [-0.25, -0.2) is 0 Å². The van der Waals surface area contributed by atoms with E-state index in [9.17, 15) is 0 Å². The Morgan fingerprint density at radius 3 is 2.83 bits per heavy atom. The SMILES string of the molecule is CC1=NC(C(C)C)C(N=C=S)=C1. The number of rotatable bonds is 2. The number of isothiocyanates is 1. The standard InChI is InChI=1S/C9H12N2S/c1-6(2)9-8(10-5-12)4-7(3)11-9/h4,6,9H,1-3H3. The van der Waals surface area contributed by atoms with E-state index in [-0.39, 0.29) is 6.04 Å². The third kappa shape index (κ3) is 1.87. The molecule has 0 aromatic rings. The number of allylic oxidation sites excluding steroid dienone is 1. The summed E-state index contributed by atoms with van der Waals surface area (Å²) in [5.74, 6) is 0.473. The molecule has 0 N–H and O–H groups in total. The molecule has 1 unspecified atom stereocenters. The molecular formula is C9H12N2S. The topological polar surface area (TPSA) is 24.7 Å². The van der Waals surface area contributed by atoms with Crippen LogP contribution in [0.25, 0.3) is 0 Å². The fourth-order valence-electron chi connectivity index (χ4n) is 1.26. The fraction of sp³-hybridized carbons (Fsp3) is 0.556. The lowest BCUT2D eigenvalue weighted by Crippen LogP contribution is -2.11. The Bertz CT molecular complexity index is 283. The molecule has 0 aromatic heterocycles. The van der Waals surface area contributed by atoms with Gasteiger partial charge in [0, 0.05) is 5.71 Å². The summed E-state index contributed by atoms with van der Waals surface area (Å²) in [4.78, 5) is 8.42. The summed E-state index contributed by atoms with van der Waals surface area (Å²) in [6.45, 7) is 6.22. The Balaban J connectivity index is 2.89. The van der Waals surface area contributed by atoms with Crippen molar-refractivity contribution in [3.8, 4) is 0 Å². The first-order valence-corrected chi connectivity index (χ1v) is 4.40. The third-order valence-corrected chi connectivity index (χ3v) is 1.90. The van der Waals surface area contributed by atoms with Crippen molar-refractivity contribution in [2.45, 2.75) is 26.8 Å². The highest BCUT2D eigenvalue weighted by atomic mass is 32.1. The molecule has 0 saturated heterocycles. The zero-order valence-electron chi connectivity index (χ0n) is 7.53. The van der Waals surface area contributed by atoms with Gasteiger partial charge in [0.15, 0.2) is 0 Å². The van der Waals surface area contributed by atoms with Gasteiger partial charge in [-0.1, -0.05) is 13.8 Å². The van der Waals surface area contributed by atoms with Gasteiger partial charge in [-0.05, 0) is 31.1 Å². The lowest BCUT2D eigenvalue weighted by Gasteiger charge is -2.11. The molecule has 0 aromatic carbocycles. The first kappa shape index (κ1) is 9.30. The van der Waals surface area contributed by atoms with E-state index in [1.54, 1.807) is 0 Å². The van der Waals surface area contributed by atoms with Gasteiger partial charge in [0.25, 0.3) is 0 Å². The van der Waals surface area contributed by atoms with E-state index < -0.39 is 0 Å². The molecule has 1 aliphatic rings. The Kier molecular flexibility index (Phi) is 2.90. The lowest BCUT2D eigenvalue weighted by atomic mass is 10.0. The number of hydrogen-bond donors (Lipinski definition) is 0. The van der Waals surface area contributed by atoms with E-state index in [1.807, 2.05) is 13.0 Å². The van der Waals surface area contributed by atoms with E-state index >= 15 is 0 Å². The van der Waals surface area contributed by atoms with E-state index in [2.05, 4.69) is 41.2 Å². The molecule has 0 amide bonds. The molecule has 0 bridgehead atoms. The highest BCUT2D eigenvalue weighted by Crippen LogP contribution is 2.22. The molecular weight excluding hydrogens is 168 g/mol. The smallest absolute Gasteiger partial charge is 0.0954 e. The van der Waals surface area contributed by atoms with Crippen LogP contribution in [-0.2, 0) is 0 Å². The Labute approximate surface area is 78.1 Å². The molecule has 3 heteroatoms. The summed E-state index contributed by atoms with van der Waals surface area (Å²) in [6, 6.07) is 0.181. The first-order valence-electron chi connectivity index (χ1n) is 3.99. The van der Waals surface area contributed by atoms with Crippen molar-refractivity contribution in [2.75, 3.05) is 0 Å². The van der Waals surface area contributed by atoms with Crippen LogP contribution in [-0.4, -0.2) is 16.9 Å². The first-order chi connectivity index (χ1) is 5.65. The van der Waals surface area contributed by atoms with Crippen molar-refractivity contribution >= 4 is 23.1 Å². The van der Waals surface area contributed by atoms with E-state index in [0.717, 1.165) is 11.4 Å². The van der Waals surface area contributed by atoms with Gasteiger partial charge in [0.2, 0.25) is 0 Å². The molecule has 0 fully saturated rings. The molecule has 0 aliphatic carbocycles. The van der Waals surface area contributed by atoms with Crippen LogP contribution < -0.4 is 0 Å². The summed E-state index contributed by atoms with van der Waals surface area (Å²) in [6.07, 6.45) is 1.96. The van der Waals surface area contributed by atoms with Crippen molar-refractivity contribution in [3.05, 3.63) is 11.8 Å². The van der Waals surface area contributed by atoms with Crippen LogP contribution in [0.3, 0.4) is 0 Å². The minimum absolute atomic E-state index is 0.181. The van der Waals surface area contributed by atoms with Crippen molar-refractivity contribution in [3.63, 3.8) is 0 Å². The quantitative estimate of drug-likeness (QED) is 0.473. The van der Waals surface area contributed by atoms with E-state index in [4.69, 9.17) is 0 Å². The number of thiocarbonyl (C=S) groups is 1. The molecule has 0 spiro atoms. The van der Waals surface area contributed by atoms with Crippen LogP contribution in [0.15, 0.2) is 21.8 Å². The lowest BCUT2D eigenvalue weighted by molar-refractivity contribution is 0.555. The zero-order chi connectivity index (χ0) is 9.14. The van der Waals surface area contributed by atoms with Crippen molar-refractivity contribution in [1.82, 2.24) is 0 Å². The predicted molar refractivity (Wildman–Crippen MR) is 54.8 cm³/mol. The minimum Gasteiger partial charge on any atom is -0.280 e. The normalized spacial score (nSPS) is 21.8. The molecule has 0 radical (unpaired) electrons. The predicted octanol–water partition coefficient (Wildman–Crippen LogP) is 2.47. The zero-order valence-corrected chi connectivity index (χ0v) is 8.35. The summed E-state index contributed by atoms with van der Waals surface area (Å²) >= 11 is 4.56. The maximum absolute atomic E-state index is 4.56. The van der Waals surface area contributed by atoms with Crippen LogP contribution >= 0.6 is 12.2 Å². The summed E-state index contributed by atoms with van der Waals surface area (Å²) in [5, 5.41) is 2.38.